The number of nitrogens with two attached hydrogens (primary N) is 1. The number of ether oxygens (including phenoxy) is 1. The highest BCUT2D eigenvalue weighted by Crippen LogP contribution is 2.20. The van der Waals surface area contributed by atoms with Crippen LogP contribution < -0.4 is 11.1 Å². The van der Waals surface area contributed by atoms with E-state index in [4.69, 9.17) is 15.6 Å². The summed E-state index contributed by atoms with van der Waals surface area (Å²) in [5.41, 5.74) is 7.33. The van der Waals surface area contributed by atoms with Crippen LogP contribution >= 0.6 is 0 Å². The summed E-state index contributed by atoms with van der Waals surface area (Å²) in [6, 6.07) is 13.4. The smallest absolute Gasteiger partial charge is 0.335 e. The Kier molecular flexibility index (Phi) is 5.80. The summed E-state index contributed by atoms with van der Waals surface area (Å²) in [5, 5.41) is 11.9. The van der Waals surface area contributed by atoms with Gasteiger partial charge >= 0.3 is 5.97 Å². The average molecular weight is 368 g/mol. The van der Waals surface area contributed by atoms with Gasteiger partial charge < -0.3 is 20.1 Å². The van der Waals surface area contributed by atoms with Gasteiger partial charge in [0.25, 0.3) is 5.91 Å². The molecule has 0 fully saturated rings. The molecule has 2 aromatic carbocycles. The molecule has 3 rings (SSSR count). The van der Waals surface area contributed by atoms with Crippen molar-refractivity contribution >= 4 is 28.9 Å². The zero-order chi connectivity index (χ0) is 19.2. The number of aromatic nitrogens is 2. The van der Waals surface area contributed by atoms with Gasteiger partial charge in [0.05, 0.1) is 29.8 Å². The molecule has 0 aliphatic heterocycles. The molecule has 8 heteroatoms. The molecule has 0 aliphatic rings. The van der Waals surface area contributed by atoms with E-state index in [0.29, 0.717) is 32.3 Å². The Morgan fingerprint density at radius 1 is 1.11 bits per heavy atom. The van der Waals surface area contributed by atoms with Crippen molar-refractivity contribution in [2.24, 2.45) is 5.73 Å². The minimum Gasteiger partial charge on any atom is -0.478 e. The summed E-state index contributed by atoms with van der Waals surface area (Å²) < 4.78 is 7.29. The fraction of sp³-hybridized carbons (Fsp3) is 0.211. The Labute approximate surface area is 155 Å². The molecule has 0 saturated carbocycles. The molecule has 8 nitrogen and oxygen atoms in total. The van der Waals surface area contributed by atoms with E-state index >= 15 is 0 Å². The van der Waals surface area contributed by atoms with Crippen molar-refractivity contribution in [2.45, 2.75) is 6.54 Å². The number of fused-ring (bicyclic) bond motifs is 1. The number of benzene rings is 2. The lowest BCUT2D eigenvalue weighted by Crippen LogP contribution is -2.18. The van der Waals surface area contributed by atoms with Crippen LogP contribution in [0, 0.1) is 0 Å². The summed E-state index contributed by atoms with van der Waals surface area (Å²) in [4.78, 5) is 28.2. The number of carboxylic acid groups (broad SMARTS) is 1. The Bertz CT molecular complexity index is 967. The lowest BCUT2D eigenvalue weighted by Gasteiger charge is -2.10. The lowest BCUT2D eigenvalue weighted by molar-refractivity contribution is 0.0697. The second-order valence-corrected chi connectivity index (χ2v) is 5.82. The van der Waals surface area contributed by atoms with Crippen molar-refractivity contribution in [3.8, 4) is 0 Å². The number of anilines is 1. The molecular formula is C19H20N4O4. The van der Waals surface area contributed by atoms with Gasteiger partial charge in [-0.3, -0.25) is 10.1 Å². The van der Waals surface area contributed by atoms with Crippen molar-refractivity contribution in [3.63, 3.8) is 0 Å². The maximum absolute atomic E-state index is 12.6. The maximum atomic E-state index is 12.6. The number of para-hydroxylation sites is 2. The summed E-state index contributed by atoms with van der Waals surface area (Å²) in [6.07, 6.45) is 0. The third-order valence-electron chi connectivity index (χ3n) is 3.97. The number of rotatable bonds is 8. The largest absolute Gasteiger partial charge is 0.478 e. The zero-order valence-electron chi connectivity index (χ0n) is 14.6. The third-order valence-corrected chi connectivity index (χ3v) is 3.97. The fourth-order valence-electron chi connectivity index (χ4n) is 2.71. The van der Waals surface area contributed by atoms with Gasteiger partial charge in [-0.15, -0.1) is 0 Å². The van der Waals surface area contributed by atoms with Crippen LogP contribution in [0.4, 0.5) is 5.95 Å². The third kappa shape index (κ3) is 4.30. The highest BCUT2D eigenvalue weighted by Gasteiger charge is 2.15. The molecule has 140 valence electrons. The van der Waals surface area contributed by atoms with E-state index < -0.39 is 11.9 Å². The maximum Gasteiger partial charge on any atom is 0.335 e. The summed E-state index contributed by atoms with van der Waals surface area (Å²) in [6.45, 7) is 1.81. The molecule has 0 bridgehead atoms. The van der Waals surface area contributed by atoms with Crippen molar-refractivity contribution in [1.82, 2.24) is 9.55 Å². The van der Waals surface area contributed by atoms with Gasteiger partial charge in [0.2, 0.25) is 5.95 Å². The number of imidazole rings is 1. The molecule has 1 aromatic heterocycles. The number of hydrogen-bond acceptors (Lipinski definition) is 5. The van der Waals surface area contributed by atoms with Crippen LogP contribution in [0.25, 0.3) is 11.0 Å². The van der Waals surface area contributed by atoms with Gasteiger partial charge in [0.1, 0.15) is 0 Å². The van der Waals surface area contributed by atoms with Crippen molar-refractivity contribution in [3.05, 3.63) is 59.7 Å². The van der Waals surface area contributed by atoms with Crippen molar-refractivity contribution in [2.75, 3.05) is 25.1 Å². The van der Waals surface area contributed by atoms with Crippen molar-refractivity contribution in [1.29, 1.82) is 0 Å². The molecule has 0 spiro atoms. The van der Waals surface area contributed by atoms with E-state index in [1.54, 1.807) is 6.07 Å². The fourth-order valence-corrected chi connectivity index (χ4v) is 2.71. The first-order chi connectivity index (χ1) is 13.1. The molecule has 0 aliphatic carbocycles. The molecule has 0 saturated heterocycles. The molecule has 1 heterocycles. The number of carbonyl (C=O) groups is 2. The molecule has 3 aromatic rings. The molecule has 1 amide bonds. The Morgan fingerprint density at radius 2 is 1.89 bits per heavy atom. The van der Waals surface area contributed by atoms with E-state index in [2.05, 4.69) is 10.3 Å². The molecular weight excluding hydrogens is 348 g/mol. The Morgan fingerprint density at radius 3 is 2.67 bits per heavy atom. The van der Waals surface area contributed by atoms with Crippen LogP contribution in [0.1, 0.15) is 20.7 Å². The lowest BCUT2D eigenvalue weighted by atomic mass is 10.1. The van der Waals surface area contributed by atoms with Gasteiger partial charge in [-0.25, -0.2) is 9.78 Å². The Hall–Kier alpha value is -3.23. The van der Waals surface area contributed by atoms with Crippen LogP contribution in [0.2, 0.25) is 0 Å². The summed E-state index contributed by atoms with van der Waals surface area (Å²) in [5.74, 6) is -1.15. The van der Waals surface area contributed by atoms with Crippen LogP contribution in [0.5, 0.6) is 0 Å². The van der Waals surface area contributed by atoms with Crippen LogP contribution in [0.15, 0.2) is 48.5 Å². The number of nitrogens with one attached hydrogen (secondary N) is 1. The van der Waals surface area contributed by atoms with E-state index in [1.807, 2.05) is 28.8 Å². The zero-order valence-corrected chi connectivity index (χ0v) is 14.6. The molecule has 0 atom stereocenters. The molecule has 4 N–H and O–H groups in total. The first-order valence-corrected chi connectivity index (χ1v) is 8.48. The van der Waals surface area contributed by atoms with Crippen LogP contribution in [-0.2, 0) is 11.3 Å². The van der Waals surface area contributed by atoms with Crippen LogP contribution in [-0.4, -0.2) is 46.3 Å². The summed E-state index contributed by atoms with van der Waals surface area (Å²) >= 11 is 0. The van der Waals surface area contributed by atoms with E-state index in [9.17, 15) is 9.59 Å². The minimum atomic E-state index is -1.09. The standard InChI is InChI=1S/C19H20N4O4/c20-8-10-27-11-9-23-16-7-2-1-6-15(16)21-19(23)22-17(24)13-4-3-5-14(12-13)18(25)26/h1-7,12H,8-11,20H2,(H,25,26)(H,21,22,24). The molecule has 27 heavy (non-hydrogen) atoms. The quantitative estimate of drug-likeness (QED) is 0.523. The number of hydrogen-bond donors (Lipinski definition) is 3. The minimum absolute atomic E-state index is 0.0475. The average Bonchev–Trinajstić information content (AvgIpc) is 3.02. The van der Waals surface area contributed by atoms with E-state index in [1.165, 1.54) is 18.2 Å². The highest BCUT2D eigenvalue weighted by atomic mass is 16.5. The van der Waals surface area contributed by atoms with Gasteiger partial charge in [-0.2, -0.15) is 0 Å². The second-order valence-electron chi connectivity index (χ2n) is 5.82. The summed E-state index contributed by atoms with van der Waals surface area (Å²) in [7, 11) is 0. The molecule has 0 unspecified atom stereocenters. The first kappa shape index (κ1) is 18.6. The molecule has 0 radical (unpaired) electrons. The number of amides is 1. The normalized spacial score (nSPS) is 10.9. The van der Waals surface area contributed by atoms with Gasteiger partial charge in [0, 0.05) is 18.7 Å². The van der Waals surface area contributed by atoms with E-state index in [0.717, 1.165) is 11.0 Å². The predicted octanol–water partition coefficient (Wildman–Crippen LogP) is 1.96. The number of nitrogens with zero attached hydrogens (tertiary/aromatic N) is 2. The first-order valence-electron chi connectivity index (χ1n) is 8.48. The van der Waals surface area contributed by atoms with E-state index in [-0.39, 0.29) is 11.1 Å². The number of carbonyl (C=O) groups excluding carboxylic acids is 1. The monoisotopic (exact) mass is 368 g/mol. The SMILES string of the molecule is NCCOCCn1c(NC(=O)c2cccc(C(=O)O)c2)nc2ccccc21. The van der Waals surface area contributed by atoms with Gasteiger partial charge in [-0.05, 0) is 30.3 Å². The highest BCUT2D eigenvalue weighted by molar-refractivity contribution is 6.05. The second kappa shape index (κ2) is 8.43. The van der Waals surface area contributed by atoms with Crippen LogP contribution in [0.3, 0.4) is 0 Å². The Balaban J connectivity index is 1.86. The topological polar surface area (TPSA) is 119 Å². The van der Waals surface area contributed by atoms with Crippen molar-refractivity contribution < 1.29 is 19.4 Å². The van der Waals surface area contributed by atoms with Gasteiger partial charge in [-0.1, -0.05) is 18.2 Å². The number of carboxylic acids is 1. The number of aromatic carboxylic acids is 1. The predicted molar refractivity (Wildman–Crippen MR) is 101 cm³/mol. The van der Waals surface area contributed by atoms with Gasteiger partial charge in [0.15, 0.2) is 0 Å².